The molecule has 0 radical (unpaired) electrons. The van der Waals surface area contributed by atoms with Crippen molar-refractivity contribution in [3.05, 3.63) is 35.4 Å². The summed E-state index contributed by atoms with van der Waals surface area (Å²) in [7, 11) is 2.30. The van der Waals surface area contributed by atoms with Crippen molar-refractivity contribution in [2.75, 3.05) is 13.6 Å². The van der Waals surface area contributed by atoms with E-state index in [2.05, 4.69) is 36.2 Å². The summed E-state index contributed by atoms with van der Waals surface area (Å²) < 4.78 is 0. The minimum atomic E-state index is 0.794. The molecule has 4 rings (SSSR count). The Balaban J connectivity index is 1.56. The molecule has 0 saturated heterocycles. The number of likely N-dealkylation sites (N-methyl/N-ethyl adjacent to an activating group) is 1. The Labute approximate surface area is 129 Å². The van der Waals surface area contributed by atoms with Crippen molar-refractivity contribution < 1.29 is 0 Å². The third-order valence-electron chi connectivity index (χ3n) is 6.55. The molecule has 0 N–H and O–H groups in total. The Kier molecular flexibility index (Phi) is 3.79. The van der Waals surface area contributed by atoms with Crippen LogP contribution in [0.25, 0.3) is 0 Å². The summed E-state index contributed by atoms with van der Waals surface area (Å²) in [6, 6.07) is 9.24. The number of benzene rings is 1. The first-order valence-electron chi connectivity index (χ1n) is 9.07. The standard InChI is InChI=1S/C20H29N/c1-21-13-18-8-4-5-9-19(18)20(14-21)17-11-10-15-6-2-3-7-16(15)12-17/h4-5,8-9,15-17,20H,2-3,6-7,10-14H2,1H3. The number of hydrogen-bond donors (Lipinski definition) is 0. The molecule has 3 aliphatic rings. The first kappa shape index (κ1) is 13.8. The first-order chi connectivity index (χ1) is 10.3. The molecule has 114 valence electrons. The van der Waals surface area contributed by atoms with Gasteiger partial charge in [-0.3, -0.25) is 0 Å². The van der Waals surface area contributed by atoms with Crippen LogP contribution in [0.2, 0.25) is 0 Å². The van der Waals surface area contributed by atoms with E-state index in [-0.39, 0.29) is 0 Å². The molecule has 2 aliphatic carbocycles. The van der Waals surface area contributed by atoms with E-state index >= 15 is 0 Å². The minimum absolute atomic E-state index is 0.794. The third-order valence-corrected chi connectivity index (χ3v) is 6.55. The monoisotopic (exact) mass is 283 g/mol. The molecular formula is C20H29N. The molecular weight excluding hydrogens is 254 g/mol. The molecule has 21 heavy (non-hydrogen) atoms. The van der Waals surface area contributed by atoms with E-state index in [4.69, 9.17) is 0 Å². The lowest BCUT2D eigenvalue weighted by atomic mass is 9.63. The van der Waals surface area contributed by atoms with Crippen molar-refractivity contribution in [2.45, 2.75) is 57.4 Å². The maximum Gasteiger partial charge on any atom is 0.0233 e. The average Bonchev–Trinajstić information content (AvgIpc) is 2.53. The van der Waals surface area contributed by atoms with Gasteiger partial charge >= 0.3 is 0 Å². The molecule has 1 aromatic carbocycles. The van der Waals surface area contributed by atoms with Crippen molar-refractivity contribution in [1.29, 1.82) is 0 Å². The van der Waals surface area contributed by atoms with Gasteiger partial charge in [0.05, 0.1) is 0 Å². The second kappa shape index (κ2) is 5.76. The fourth-order valence-electron chi connectivity index (χ4n) is 5.51. The van der Waals surface area contributed by atoms with E-state index in [1.807, 2.05) is 0 Å². The van der Waals surface area contributed by atoms with Crippen molar-refractivity contribution >= 4 is 0 Å². The van der Waals surface area contributed by atoms with Crippen LogP contribution in [0, 0.1) is 17.8 Å². The Morgan fingerprint density at radius 2 is 1.67 bits per heavy atom. The molecule has 0 spiro atoms. The number of hydrogen-bond acceptors (Lipinski definition) is 1. The summed E-state index contributed by atoms with van der Waals surface area (Å²) in [4.78, 5) is 2.54. The second-order valence-corrected chi connectivity index (χ2v) is 7.88. The van der Waals surface area contributed by atoms with Crippen LogP contribution in [-0.4, -0.2) is 18.5 Å². The van der Waals surface area contributed by atoms with E-state index in [9.17, 15) is 0 Å². The molecule has 2 saturated carbocycles. The number of fused-ring (bicyclic) bond motifs is 2. The van der Waals surface area contributed by atoms with Crippen LogP contribution in [0.3, 0.4) is 0 Å². The highest BCUT2D eigenvalue weighted by molar-refractivity contribution is 5.33. The largest absolute Gasteiger partial charge is 0.301 e. The SMILES string of the molecule is CN1Cc2ccccc2C(C2CCC3CCCCC3C2)C1. The summed E-state index contributed by atoms with van der Waals surface area (Å²) in [6.07, 6.45) is 10.5. The maximum atomic E-state index is 2.54. The molecule has 1 heteroatoms. The fraction of sp³-hybridized carbons (Fsp3) is 0.700. The van der Waals surface area contributed by atoms with Crippen LogP contribution in [0.4, 0.5) is 0 Å². The lowest BCUT2D eigenvalue weighted by Crippen LogP contribution is -2.37. The van der Waals surface area contributed by atoms with Gasteiger partial charge in [-0.15, -0.1) is 0 Å². The molecule has 0 aromatic heterocycles. The lowest BCUT2D eigenvalue weighted by molar-refractivity contribution is 0.102. The van der Waals surface area contributed by atoms with Crippen LogP contribution in [0.15, 0.2) is 24.3 Å². The maximum absolute atomic E-state index is 2.54. The normalized spacial score (nSPS) is 36.8. The molecule has 1 nitrogen and oxygen atoms in total. The van der Waals surface area contributed by atoms with Gasteiger partial charge in [0, 0.05) is 13.1 Å². The first-order valence-corrected chi connectivity index (χ1v) is 9.07. The van der Waals surface area contributed by atoms with Gasteiger partial charge in [-0.2, -0.15) is 0 Å². The highest BCUT2D eigenvalue weighted by atomic mass is 15.1. The van der Waals surface area contributed by atoms with Gasteiger partial charge in [0.1, 0.15) is 0 Å². The van der Waals surface area contributed by atoms with E-state index in [0.29, 0.717) is 0 Å². The van der Waals surface area contributed by atoms with E-state index < -0.39 is 0 Å². The predicted molar refractivity (Wildman–Crippen MR) is 88.3 cm³/mol. The van der Waals surface area contributed by atoms with Crippen molar-refractivity contribution in [1.82, 2.24) is 4.90 Å². The highest BCUT2D eigenvalue weighted by Crippen LogP contribution is 2.48. The molecule has 4 atom stereocenters. The average molecular weight is 283 g/mol. The Bertz CT molecular complexity index is 494. The summed E-state index contributed by atoms with van der Waals surface area (Å²) in [6.45, 7) is 2.42. The minimum Gasteiger partial charge on any atom is -0.301 e. The summed E-state index contributed by atoms with van der Waals surface area (Å²) >= 11 is 0. The zero-order valence-electron chi connectivity index (χ0n) is 13.4. The lowest BCUT2D eigenvalue weighted by Gasteiger charge is -2.44. The second-order valence-electron chi connectivity index (χ2n) is 7.88. The molecule has 4 unspecified atom stereocenters. The van der Waals surface area contributed by atoms with Gasteiger partial charge in [-0.25, -0.2) is 0 Å². The van der Waals surface area contributed by atoms with Gasteiger partial charge in [0.2, 0.25) is 0 Å². The van der Waals surface area contributed by atoms with Crippen LogP contribution in [-0.2, 0) is 6.54 Å². The van der Waals surface area contributed by atoms with Crippen molar-refractivity contribution in [3.63, 3.8) is 0 Å². The molecule has 0 amide bonds. The summed E-state index contributed by atoms with van der Waals surface area (Å²) in [5.74, 6) is 3.86. The molecule has 1 heterocycles. The molecule has 1 aliphatic heterocycles. The quantitative estimate of drug-likeness (QED) is 0.714. The van der Waals surface area contributed by atoms with Crippen LogP contribution in [0.5, 0.6) is 0 Å². The Hall–Kier alpha value is -0.820. The van der Waals surface area contributed by atoms with E-state index in [1.54, 1.807) is 11.1 Å². The van der Waals surface area contributed by atoms with Gasteiger partial charge in [0.15, 0.2) is 0 Å². The van der Waals surface area contributed by atoms with Crippen molar-refractivity contribution in [2.24, 2.45) is 17.8 Å². The molecule has 1 aromatic rings. The third kappa shape index (κ3) is 2.65. The van der Waals surface area contributed by atoms with E-state index in [1.165, 1.54) is 51.5 Å². The zero-order valence-corrected chi connectivity index (χ0v) is 13.4. The molecule has 0 bridgehead atoms. The summed E-state index contributed by atoms with van der Waals surface area (Å²) in [5, 5.41) is 0. The van der Waals surface area contributed by atoms with Gasteiger partial charge in [-0.05, 0) is 61.1 Å². The number of nitrogens with zero attached hydrogens (tertiary/aromatic N) is 1. The zero-order chi connectivity index (χ0) is 14.2. The Morgan fingerprint density at radius 1 is 0.905 bits per heavy atom. The van der Waals surface area contributed by atoms with Crippen LogP contribution >= 0.6 is 0 Å². The highest BCUT2D eigenvalue weighted by Gasteiger charge is 2.37. The van der Waals surface area contributed by atoms with Gasteiger partial charge < -0.3 is 4.90 Å². The predicted octanol–water partition coefficient (Wildman–Crippen LogP) is 4.82. The van der Waals surface area contributed by atoms with Crippen LogP contribution < -0.4 is 0 Å². The van der Waals surface area contributed by atoms with Gasteiger partial charge in [0.25, 0.3) is 0 Å². The topological polar surface area (TPSA) is 3.24 Å². The molecule has 2 fully saturated rings. The smallest absolute Gasteiger partial charge is 0.0233 e. The number of rotatable bonds is 1. The fourth-order valence-corrected chi connectivity index (χ4v) is 5.51. The van der Waals surface area contributed by atoms with Crippen LogP contribution in [0.1, 0.15) is 62.0 Å². The van der Waals surface area contributed by atoms with Crippen molar-refractivity contribution in [3.8, 4) is 0 Å². The van der Waals surface area contributed by atoms with Gasteiger partial charge in [-0.1, -0.05) is 49.9 Å². The Morgan fingerprint density at radius 3 is 2.57 bits per heavy atom. The van der Waals surface area contributed by atoms with E-state index in [0.717, 1.165) is 30.2 Å². The summed E-state index contributed by atoms with van der Waals surface area (Å²) in [5.41, 5.74) is 3.26.